The van der Waals surface area contributed by atoms with E-state index >= 15 is 0 Å². The summed E-state index contributed by atoms with van der Waals surface area (Å²) in [6.45, 7) is 9.23. The molecule has 1 fully saturated rings. The second-order valence-electron chi connectivity index (χ2n) is 6.01. The summed E-state index contributed by atoms with van der Waals surface area (Å²) >= 11 is 0. The van der Waals surface area contributed by atoms with Crippen LogP contribution in [0.3, 0.4) is 0 Å². The predicted octanol–water partition coefficient (Wildman–Crippen LogP) is 2.34. The van der Waals surface area contributed by atoms with Crippen LogP contribution in [0.2, 0.25) is 0 Å². The maximum absolute atomic E-state index is 13.5. The van der Waals surface area contributed by atoms with Crippen molar-refractivity contribution in [2.75, 3.05) is 0 Å². The van der Waals surface area contributed by atoms with Crippen LogP contribution in [0.4, 0.5) is 10.1 Å². The van der Waals surface area contributed by atoms with Gasteiger partial charge in [0, 0.05) is 6.07 Å². The maximum atomic E-state index is 13.5. The largest absolute Gasteiger partial charge is 0.495 e. The molecule has 20 heavy (non-hydrogen) atoms. The Bertz CT molecular complexity index is 558. The van der Waals surface area contributed by atoms with Gasteiger partial charge in [0.05, 0.1) is 16.1 Å². The van der Waals surface area contributed by atoms with E-state index in [1.54, 1.807) is 6.92 Å². The summed E-state index contributed by atoms with van der Waals surface area (Å²) in [5, 5.41) is 10.8. The monoisotopic (exact) mass is 281 g/mol. The van der Waals surface area contributed by atoms with Gasteiger partial charge in [-0.1, -0.05) is 0 Å². The van der Waals surface area contributed by atoms with E-state index in [0.29, 0.717) is 11.0 Å². The zero-order valence-corrected chi connectivity index (χ0v) is 12.2. The third kappa shape index (κ3) is 2.31. The average molecular weight is 281 g/mol. The summed E-state index contributed by atoms with van der Waals surface area (Å²) in [5.74, 6) is -0.854. The Kier molecular flexibility index (Phi) is 3.38. The van der Waals surface area contributed by atoms with Crippen molar-refractivity contribution in [1.29, 1.82) is 0 Å². The van der Waals surface area contributed by atoms with E-state index in [1.807, 2.05) is 27.7 Å². The second kappa shape index (κ2) is 4.53. The molecule has 0 bridgehead atoms. The summed E-state index contributed by atoms with van der Waals surface area (Å²) in [6, 6.07) is 2.32. The van der Waals surface area contributed by atoms with Crippen molar-refractivity contribution >= 4 is 18.3 Å². The first-order chi connectivity index (χ1) is 9.05. The average Bonchev–Trinajstić information content (AvgIpc) is 2.47. The Balaban J connectivity index is 2.45. The molecule has 0 amide bonds. The molecule has 108 valence electrons. The smallest absolute Gasteiger partial charge is 0.399 e. The summed E-state index contributed by atoms with van der Waals surface area (Å²) < 4.78 is 25.2. The van der Waals surface area contributed by atoms with E-state index in [0.717, 1.165) is 6.07 Å². The Morgan fingerprint density at radius 1 is 1.20 bits per heavy atom. The predicted molar refractivity (Wildman–Crippen MR) is 73.5 cm³/mol. The first kappa shape index (κ1) is 14.9. The second-order valence-corrected chi connectivity index (χ2v) is 6.01. The number of hydrogen-bond donors (Lipinski definition) is 0. The molecule has 1 aromatic carbocycles. The summed E-state index contributed by atoms with van der Waals surface area (Å²) in [5.41, 5.74) is -0.621. The lowest BCUT2D eigenvalue weighted by Gasteiger charge is -2.32. The van der Waals surface area contributed by atoms with Crippen molar-refractivity contribution in [2.45, 2.75) is 45.8 Å². The highest BCUT2D eigenvalue weighted by Crippen LogP contribution is 2.37. The molecule has 0 unspecified atom stereocenters. The van der Waals surface area contributed by atoms with Crippen molar-refractivity contribution in [3.63, 3.8) is 0 Å². The maximum Gasteiger partial charge on any atom is 0.495 e. The van der Waals surface area contributed by atoms with Gasteiger partial charge in [0.15, 0.2) is 0 Å². The lowest BCUT2D eigenvalue weighted by Crippen LogP contribution is -2.41. The van der Waals surface area contributed by atoms with Crippen LogP contribution < -0.4 is 5.46 Å². The molecular formula is C13H17BFNO4. The molecule has 0 spiro atoms. The molecule has 2 rings (SSSR count). The van der Waals surface area contributed by atoms with Gasteiger partial charge in [-0.3, -0.25) is 10.1 Å². The highest BCUT2D eigenvalue weighted by Gasteiger charge is 2.52. The minimum absolute atomic E-state index is 0.483. The van der Waals surface area contributed by atoms with Crippen LogP contribution in [0, 0.1) is 22.9 Å². The van der Waals surface area contributed by atoms with E-state index in [1.165, 1.54) is 6.07 Å². The summed E-state index contributed by atoms with van der Waals surface area (Å²) in [4.78, 5) is 10.1. The Labute approximate surface area is 117 Å². The van der Waals surface area contributed by atoms with Gasteiger partial charge in [0.25, 0.3) is 0 Å². The molecule has 1 aromatic rings. The van der Waals surface area contributed by atoms with E-state index in [-0.39, 0.29) is 0 Å². The Morgan fingerprint density at radius 3 is 2.15 bits per heavy atom. The van der Waals surface area contributed by atoms with Crippen LogP contribution in [-0.2, 0) is 9.31 Å². The number of nitrogens with zero attached hydrogens (tertiary/aromatic N) is 1. The number of nitro benzene ring substituents is 1. The topological polar surface area (TPSA) is 61.6 Å². The minimum atomic E-state index is -0.854. The molecule has 0 aliphatic carbocycles. The lowest BCUT2D eigenvalue weighted by atomic mass is 9.76. The number of nitro groups is 1. The van der Waals surface area contributed by atoms with E-state index < -0.39 is 34.7 Å². The van der Waals surface area contributed by atoms with Gasteiger partial charge >= 0.3 is 12.8 Å². The first-order valence-corrected chi connectivity index (χ1v) is 6.35. The van der Waals surface area contributed by atoms with Crippen molar-refractivity contribution in [1.82, 2.24) is 0 Å². The molecule has 1 aliphatic rings. The normalized spacial score (nSPS) is 20.2. The van der Waals surface area contributed by atoms with Gasteiger partial charge in [-0.2, -0.15) is 4.39 Å². The standard InChI is InChI=1S/C13H17BFNO4/c1-8-6-10(15)11(16(17)18)7-9(8)14-19-12(2,3)13(4,5)20-14/h6-7H,1-5H3. The zero-order chi connectivity index (χ0) is 15.3. The van der Waals surface area contributed by atoms with Crippen molar-refractivity contribution < 1.29 is 18.6 Å². The number of rotatable bonds is 2. The van der Waals surface area contributed by atoms with Gasteiger partial charge in [0.1, 0.15) is 0 Å². The van der Waals surface area contributed by atoms with E-state index in [4.69, 9.17) is 9.31 Å². The SMILES string of the molecule is Cc1cc(F)c([N+](=O)[O-])cc1B1OC(C)(C)C(C)(C)O1. The Morgan fingerprint density at radius 2 is 1.70 bits per heavy atom. The minimum Gasteiger partial charge on any atom is -0.399 e. The van der Waals surface area contributed by atoms with E-state index in [9.17, 15) is 14.5 Å². The van der Waals surface area contributed by atoms with Crippen LogP contribution in [0.15, 0.2) is 12.1 Å². The highest BCUT2D eigenvalue weighted by atomic mass is 19.1. The molecule has 1 saturated heterocycles. The molecule has 1 heterocycles. The van der Waals surface area contributed by atoms with Gasteiger partial charge in [-0.15, -0.1) is 0 Å². The molecular weight excluding hydrogens is 264 g/mol. The van der Waals surface area contributed by atoms with Crippen LogP contribution in [0.5, 0.6) is 0 Å². The number of halogens is 1. The lowest BCUT2D eigenvalue weighted by molar-refractivity contribution is -0.387. The van der Waals surface area contributed by atoms with Gasteiger partial charge in [0.2, 0.25) is 5.82 Å². The van der Waals surface area contributed by atoms with Gasteiger partial charge in [-0.25, -0.2) is 0 Å². The number of hydrogen-bond acceptors (Lipinski definition) is 4. The quantitative estimate of drug-likeness (QED) is 0.474. The third-order valence-electron chi connectivity index (χ3n) is 4.04. The molecule has 0 atom stereocenters. The van der Waals surface area contributed by atoms with Crippen LogP contribution in [0.1, 0.15) is 33.3 Å². The fourth-order valence-electron chi connectivity index (χ4n) is 2.04. The third-order valence-corrected chi connectivity index (χ3v) is 4.04. The van der Waals surface area contributed by atoms with Crippen LogP contribution in [0.25, 0.3) is 0 Å². The fraction of sp³-hybridized carbons (Fsp3) is 0.538. The molecule has 1 aliphatic heterocycles. The molecule has 0 radical (unpaired) electrons. The summed E-state index contributed by atoms with van der Waals surface area (Å²) in [7, 11) is -0.737. The van der Waals surface area contributed by atoms with Gasteiger partial charge < -0.3 is 9.31 Å². The number of benzene rings is 1. The van der Waals surface area contributed by atoms with Crippen molar-refractivity contribution in [3.05, 3.63) is 33.6 Å². The van der Waals surface area contributed by atoms with Crippen LogP contribution in [-0.4, -0.2) is 23.2 Å². The van der Waals surface area contributed by atoms with Crippen molar-refractivity contribution in [3.8, 4) is 0 Å². The summed E-state index contributed by atoms with van der Waals surface area (Å²) in [6.07, 6.45) is 0. The fourth-order valence-corrected chi connectivity index (χ4v) is 2.04. The van der Waals surface area contributed by atoms with Crippen molar-refractivity contribution in [2.24, 2.45) is 0 Å². The Hall–Kier alpha value is -1.47. The molecule has 5 nitrogen and oxygen atoms in total. The molecule has 0 N–H and O–H groups in total. The van der Waals surface area contributed by atoms with Gasteiger partial charge in [-0.05, 0) is 51.7 Å². The van der Waals surface area contributed by atoms with Crippen LogP contribution >= 0.6 is 0 Å². The molecule has 0 aromatic heterocycles. The molecule has 0 saturated carbocycles. The van der Waals surface area contributed by atoms with E-state index in [2.05, 4.69) is 0 Å². The highest BCUT2D eigenvalue weighted by molar-refractivity contribution is 6.62. The zero-order valence-electron chi connectivity index (χ0n) is 12.2. The molecule has 7 heteroatoms. The first-order valence-electron chi connectivity index (χ1n) is 6.35. The number of aryl methyl sites for hydroxylation is 1.